The molecule has 0 radical (unpaired) electrons. The van der Waals surface area contributed by atoms with Crippen LogP contribution in [0.1, 0.15) is 16.2 Å². The first kappa shape index (κ1) is 19.9. The summed E-state index contributed by atoms with van der Waals surface area (Å²) >= 11 is 6.18. The maximum Gasteiger partial charge on any atom is 0.255 e. The Morgan fingerprint density at radius 1 is 1.10 bits per heavy atom. The van der Waals surface area contributed by atoms with Crippen LogP contribution in [-0.4, -0.2) is 39.0 Å². The van der Waals surface area contributed by atoms with Crippen molar-refractivity contribution in [1.82, 2.24) is 19.4 Å². The van der Waals surface area contributed by atoms with E-state index in [0.717, 1.165) is 16.9 Å². The first-order valence-corrected chi connectivity index (χ1v) is 9.98. The highest BCUT2D eigenvalue weighted by Crippen LogP contribution is 2.23. The lowest BCUT2D eigenvalue weighted by Crippen LogP contribution is -2.28. The number of carbonyl (C=O) groups is 1. The van der Waals surface area contributed by atoms with Gasteiger partial charge in [-0.2, -0.15) is 0 Å². The molecular formula is C23H21ClN4O2. The van der Waals surface area contributed by atoms with E-state index in [0.29, 0.717) is 36.0 Å². The number of carbonyl (C=O) groups excluding carboxylic acids is 1. The van der Waals surface area contributed by atoms with Gasteiger partial charge in [0.25, 0.3) is 5.91 Å². The van der Waals surface area contributed by atoms with Crippen LogP contribution in [0, 0.1) is 0 Å². The number of benzene rings is 2. The normalized spacial score (nSPS) is 10.9. The van der Waals surface area contributed by atoms with E-state index in [1.807, 2.05) is 42.5 Å². The van der Waals surface area contributed by atoms with Crippen LogP contribution >= 0.6 is 11.6 Å². The van der Waals surface area contributed by atoms with Gasteiger partial charge in [0.1, 0.15) is 18.2 Å². The van der Waals surface area contributed by atoms with Crippen LogP contribution in [0.5, 0.6) is 5.75 Å². The number of halogens is 1. The average molecular weight is 421 g/mol. The first-order valence-electron chi connectivity index (χ1n) is 9.60. The molecule has 0 N–H and O–H groups in total. The second kappa shape index (κ2) is 8.97. The molecule has 0 aliphatic rings. The molecule has 0 bridgehead atoms. The molecule has 0 saturated heterocycles. The number of ether oxygens (including phenoxy) is 1. The van der Waals surface area contributed by atoms with E-state index >= 15 is 0 Å². The molecule has 2 aromatic heterocycles. The second-order valence-electron chi connectivity index (χ2n) is 6.85. The largest absolute Gasteiger partial charge is 0.490 e. The highest BCUT2D eigenvalue weighted by Gasteiger charge is 2.17. The summed E-state index contributed by atoms with van der Waals surface area (Å²) in [6.45, 7) is 1.38. The van der Waals surface area contributed by atoms with Crippen LogP contribution in [-0.2, 0) is 13.1 Å². The number of rotatable bonds is 7. The number of hydrogen-bond donors (Lipinski definition) is 0. The Hall–Kier alpha value is -3.38. The van der Waals surface area contributed by atoms with Gasteiger partial charge in [0.15, 0.2) is 0 Å². The molecule has 152 valence electrons. The van der Waals surface area contributed by atoms with Gasteiger partial charge in [0.05, 0.1) is 34.7 Å². The molecular weight excluding hydrogens is 400 g/mol. The molecule has 7 heteroatoms. The van der Waals surface area contributed by atoms with Crippen LogP contribution in [0.15, 0.2) is 73.1 Å². The van der Waals surface area contributed by atoms with Gasteiger partial charge in [-0.1, -0.05) is 35.9 Å². The lowest BCUT2D eigenvalue weighted by Gasteiger charge is -2.18. The lowest BCUT2D eigenvalue weighted by atomic mass is 10.2. The van der Waals surface area contributed by atoms with Gasteiger partial charge in [-0.25, -0.2) is 4.98 Å². The Kier molecular flexibility index (Phi) is 5.95. The van der Waals surface area contributed by atoms with E-state index in [4.69, 9.17) is 21.3 Å². The van der Waals surface area contributed by atoms with Crippen molar-refractivity contribution in [3.8, 4) is 5.75 Å². The summed E-state index contributed by atoms with van der Waals surface area (Å²) in [5.41, 5.74) is 2.43. The second-order valence-corrected chi connectivity index (χ2v) is 7.26. The van der Waals surface area contributed by atoms with Crippen molar-refractivity contribution in [1.29, 1.82) is 0 Å². The van der Waals surface area contributed by atoms with Crippen LogP contribution < -0.4 is 4.74 Å². The minimum atomic E-state index is -0.103. The van der Waals surface area contributed by atoms with E-state index in [1.165, 1.54) is 0 Å². The summed E-state index contributed by atoms with van der Waals surface area (Å²) in [4.78, 5) is 23.1. The third-order valence-corrected chi connectivity index (χ3v) is 5.09. The fourth-order valence-electron chi connectivity index (χ4n) is 3.30. The SMILES string of the molecule is CN(Cc1nc2ccccc2n1CCOc1ccccc1Cl)C(=O)c1cccnc1. The highest BCUT2D eigenvalue weighted by molar-refractivity contribution is 6.32. The van der Waals surface area contributed by atoms with Gasteiger partial charge in [-0.05, 0) is 36.4 Å². The van der Waals surface area contributed by atoms with Crippen LogP contribution in [0.4, 0.5) is 0 Å². The molecule has 30 heavy (non-hydrogen) atoms. The lowest BCUT2D eigenvalue weighted by molar-refractivity contribution is 0.0779. The maximum absolute atomic E-state index is 12.7. The van der Waals surface area contributed by atoms with Crippen LogP contribution in [0.25, 0.3) is 11.0 Å². The summed E-state index contributed by atoms with van der Waals surface area (Å²) in [6.07, 6.45) is 3.22. The molecule has 0 saturated carbocycles. The molecule has 0 atom stereocenters. The van der Waals surface area contributed by atoms with Crippen molar-refractivity contribution in [2.45, 2.75) is 13.1 Å². The Morgan fingerprint density at radius 2 is 1.90 bits per heavy atom. The number of imidazole rings is 1. The summed E-state index contributed by atoms with van der Waals surface area (Å²) in [5.74, 6) is 1.33. The Morgan fingerprint density at radius 3 is 2.70 bits per heavy atom. The standard InChI is InChI=1S/C23H21ClN4O2/c1-27(23(29)17-7-6-12-25-15-17)16-22-26-19-9-3-4-10-20(19)28(22)13-14-30-21-11-5-2-8-18(21)24/h2-12,15H,13-14,16H2,1H3. The first-order chi connectivity index (χ1) is 14.6. The molecule has 0 aliphatic carbocycles. The number of aromatic nitrogens is 3. The van der Waals surface area contributed by atoms with Crippen molar-refractivity contribution in [3.63, 3.8) is 0 Å². The zero-order valence-corrected chi connectivity index (χ0v) is 17.3. The molecule has 0 spiro atoms. The van der Waals surface area contributed by atoms with E-state index in [9.17, 15) is 4.79 Å². The van der Waals surface area contributed by atoms with Crippen molar-refractivity contribution >= 4 is 28.5 Å². The minimum Gasteiger partial charge on any atom is -0.490 e. The summed E-state index contributed by atoms with van der Waals surface area (Å²) < 4.78 is 7.95. The number of para-hydroxylation sites is 3. The van der Waals surface area contributed by atoms with Gasteiger partial charge in [-0.15, -0.1) is 0 Å². The number of nitrogens with zero attached hydrogens (tertiary/aromatic N) is 4. The molecule has 0 fully saturated rings. The van der Waals surface area contributed by atoms with E-state index in [-0.39, 0.29) is 5.91 Å². The summed E-state index contributed by atoms with van der Waals surface area (Å²) in [5, 5.41) is 0.579. The Balaban J connectivity index is 1.54. The third-order valence-electron chi connectivity index (χ3n) is 4.78. The molecule has 4 rings (SSSR count). The fourth-order valence-corrected chi connectivity index (χ4v) is 3.49. The van der Waals surface area contributed by atoms with Gasteiger partial charge in [0, 0.05) is 19.4 Å². The summed E-state index contributed by atoms with van der Waals surface area (Å²) in [7, 11) is 1.76. The van der Waals surface area contributed by atoms with E-state index in [1.54, 1.807) is 42.5 Å². The predicted molar refractivity (Wildman–Crippen MR) is 117 cm³/mol. The van der Waals surface area contributed by atoms with Crippen molar-refractivity contribution < 1.29 is 9.53 Å². The predicted octanol–water partition coefficient (Wildman–Crippen LogP) is 4.44. The smallest absolute Gasteiger partial charge is 0.255 e. The number of fused-ring (bicyclic) bond motifs is 1. The zero-order chi connectivity index (χ0) is 20.9. The molecule has 6 nitrogen and oxygen atoms in total. The molecule has 0 aliphatic heterocycles. The van der Waals surface area contributed by atoms with E-state index in [2.05, 4.69) is 9.55 Å². The third kappa shape index (κ3) is 4.28. The fraction of sp³-hybridized carbons (Fsp3) is 0.174. The summed E-state index contributed by atoms with van der Waals surface area (Å²) in [6, 6.07) is 18.8. The van der Waals surface area contributed by atoms with Crippen LogP contribution in [0.3, 0.4) is 0 Å². The average Bonchev–Trinajstić information content (AvgIpc) is 3.12. The van der Waals surface area contributed by atoms with Gasteiger partial charge < -0.3 is 14.2 Å². The molecule has 0 unspecified atom stereocenters. The minimum absolute atomic E-state index is 0.103. The Bertz CT molecular complexity index is 1160. The quantitative estimate of drug-likeness (QED) is 0.443. The number of amides is 1. The molecule has 4 aromatic rings. The van der Waals surface area contributed by atoms with Crippen molar-refractivity contribution in [2.75, 3.05) is 13.7 Å². The zero-order valence-electron chi connectivity index (χ0n) is 16.5. The number of hydrogen-bond acceptors (Lipinski definition) is 4. The molecule has 1 amide bonds. The van der Waals surface area contributed by atoms with Crippen molar-refractivity contribution in [3.05, 3.63) is 89.5 Å². The Labute approximate surface area is 179 Å². The van der Waals surface area contributed by atoms with Gasteiger partial charge >= 0.3 is 0 Å². The van der Waals surface area contributed by atoms with Gasteiger partial charge in [-0.3, -0.25) is 9.78 Å². The number of pyridine rings is 1. The van der Waals surface area contributed by atoms with Crippen LogP contribution in [0.2, 0.25) is 5.02 Å². The van der Waals surface area contributed by atoms with E-state index < -0.39 is 0 Å². The molecule has 2 heterocycles. The topological polar surface area (TPSA) is 60.2 Å². The van der Waals surface area contributed by atoms with Gasteiger partial charge in [0.2, 0.25) is 0 Å². The molecule has 2 aromatic carbocycles. The van der Waals surface area contributed by atoms with Crippen molar-refractivity contribution in [2.24, 2.45) is 0 Å². The maximum atomic E-state index is 12.7. The highest BCUT2D eigenvalue weighted by atomic mass is 35.5. The monoisotopic (exact) mass is 420 g/mol.